The highest BCUT2D eigenvalue weighted by Crippen LogP contribution is 2.51. The van der Waals surface area contributed by atoms with Gasteiger partial charge in [0, 0.05) is 31.6 Å². The van der Waals surface area contributed by atoms with Crippen LogP contribution in [0.5, 0.6) is 5.75 Å². The summed E-state index contributed by atoms with van der Waals surface area (Å²) in [6, 6.07) is 24.5. The van der Waals surface area contributed by atoms with Crippen molar-refractivity contribution in [2.75, 3.05) is 44.2 Å². The Morgan fingerprint density at radius 2 is 1.52 bits per heavy atom. The average Bonchev–Trinajstić information content (AvgIpc) is 3.29. The molecule has 2 N–H and O–H groups in total. The monoisotopic (exact) mass is 574 g/mol. The molecule has 1 fully saturated rings. The third-order valence-electron chi connectivity index (χ3n) is 8.56. The SMILES string of the molecule is O=C(NCC(F)(F)F)C1(CCCCN2CCN(c3ccc4cccc(O)c4n3)CC2)c2ccccc2-c2ccccc21. The molecular weight excluding hydrogens is 541 g/mol. The molecule has 218 valence electrons. The number of unbranched alkanes of at least 4 members (excludes halogenated alkanes) is 1. The van der Waals surface area contributed by atoms with Crippen molar-refractivity contribution in [3.8, 4) is 16.9 Å². The number of nitrogens with one attached hydrogen (secondary N) is 1. The first-order valence-corrected chi connectivity index (χ1v) is 14.4. The molecule has 1 aromatic heterocycles. The summed E-state index contributed by atoms with van der Waals surface area (Å²) in [5, 5.41) is 13.3. The Hall–Kier alpha value is -4.11. The number of carbonyl (C=O) groups excluding carboxylic acids is 1. The Labute approximate surface area is 242 Å². The summed E-state index contributed by atoms with van der Waals surface area (Å²) >= 11 is 0. The number of piperazine rings is 1. The summed E-state index contributed by atoms with van der Waals surface area (Å²) in [4.78, 5) is 22.9. The van der Waals surface area contributed by atoms with Crippen LogP contribution in [0.25, 0.3) is 22.0 Å². The summed E-state index contributed by atoms with van der Waals surface area (Å²) in [5.74, 6) is 0.416. The molecule has 0 bridgehead atoms. The first-order valence-electron chi connectivity index (χ1n) is 14.4. The van der Waals surface area contributed by atoms with Crippen LogP contribution in [0.2, 0.25) is 0 Å². The molecule has 2 aliphatic rings. The Bertz CT molecular complexity index is 1550. The molecule has 0 radical (unpaired) electrons. The lowest BCUT2D eigenvalue weighted by Gasteiger charge is -2.36. The van der Waals surface area contributed by atoms with Gasteiger partial charge in [0.2, 0.25) is 5.91 Å². The fraction of sp³-hybridized carbons (Fsp3) is 0.333. The number of fused-ring (bicyclic) bond motifs is 4. The van der Waals surface area contributed by atoms with Crippen LogP contribution < -0.4 is 10.2 Å². The largest absolute Gasteiger partial charge is 0.506 e. The minimum Gasteiger partial charge on any atom is -0.506 e. The van der Waals surface area contributed by atoms with Crippen LogP contribution in [0.15, 0.2) is 78.9 Å². The second kappa shape index (κ2) is 11.3. The van der Waals surface area contributed by atoms with Crippen molar-refractivity contribution in [3.05, 3.63) is 90.0 Å². The van der Waals surface area contributed by atoms with Crippen LogP contribution in [0.1, 0.15) is 30.4 Å². The quantitative estimate of drug-likeness (QED) is 0.258. The number of para-hydroxylation sites is 1. The van der Waals surface area contributed by atoms with Gasteiger partial charge < -0.3 is 15.3 Å². The number of anilines is 1. The average molecular weight is 575 g/mol. The number of phenolic OH excluding ortho intramolecular Hbond substituents is 1. The summed E-state index contributed by atoms with van der Waals surface area (Å²) < 4.78 is 39.3. The van der Waals surface area contributed by atoms with Crippen molar-refractivity contribution in [1.82, 2.24) is 15.2 Å². The maximum atomic E-state index is 13.7. The predicted octanol–water partition coefficient (Wildman–Crippen LogP) is 5.88. The second-order valence-corrected chi connectivity index (χ2v) is 11.1. The van der Waals surface area contributed by atoms with Crippen LogP contribution in [0.3, 0.4) is 0 Å². The molecule has 0 spiro atoms. The van der Waals surface area contributed by atoms with Gasteiger partial charge in [-0.2, -0.15) is 13.2 Å². The van der Waals surface area contributed by atoms with E-state index in [2.05, 4.69) is 20.1 Å². The van der Waals surface area contributed by atoms with Gasteiger partial charge in [-0.15, -0.1) is 0 Å². The zero-order valence-corrected chi connectivity index (χ0v) is 23.2. The lowest BCUT2D eigenvalue weighted by molar-refractivity contribution is -0.141. The van der Waals surface area contributed by atoms with Crippen LogP contribution in [0, 0.1) is 0 Å². The van der Waals surface area contributed by atoms with Gasteiger partial charge in [0.1, 0.15) is 29.0 Å². The van der Waals surface area contributed by atoms with Crippen molar-refractivity contribution in [3.63, 3.8) is 0 Å². The third-order valence-corrected chi connectivity index (χ3v) is 8.56. The Balaban J connectivity index is 1.12. The van der Waals surface area contributed by atoms with Gasteiger partial charge >= 0.3 is 6.18 Å². The normalized spacial score (nSPS) is 16.3. The zero-order chi connectivity index (χ0) is 29.3. The molecule has 1 aliphatic heterocycles. The number of aromatic nitrogens is 1. The molecule has 0 unspecified atom stereocenters. The number of pyridine rings is 1. The molecule has 6 rings (SSSR count). The van der Waals surface area contributed by atoms with E-state index >= 15 is 0 Å². The summed E-state index contributed by atoms with van der Waals surface area (Å²) in [5.41, 5.74) is 2.79. The van der Waals surface area contributed by atoms with Crippen LogP contribution in [-0.4, -0.2) is 66.3 Å². The predicted molar refractivity (Wildman–Crippen MR) is 158 cm³/mol. The highest BCUT2D eigenvalue weighted by molar-refractivity contribution is 6.00. The molecule has 1 aliphatic carbocycles. The van der Waals surface area contributed by atoms with Gasteiger partial charge in [-0.1, -0.05) is 67.1 Å². The summed E-state index contributed by atoms with van der Waals surface area (Å²) in [7, 11) is 0. The molecule has 9 heteroatoms. The van der Waals surface area contributed by atoms with Crippen LogP contribution >= 0.6 is 0 Å². The van der Waals surface area contributed by atoms with E-state index in [1.54, 1.807) is 12.1 Å². The minimum atomic E-state index is -4.49. The molecule has 0 atom stereocenters. The standard InChI is InChI=1S/C33H33F3N4O2/c34-33(35,36)22-37-31(42)32(26-11-3-1-9-24(26)25-10-2-4-12-27(25)32)16-5-6-17-39-18-20-40(21-19-39)29-15-14-23-8-7-13-28(41)30(23)38-29/h1-4,7-15,41H,5-6,16-22H2,(H,37,42). The van der Waals surface area contributed by atoms with E-state index in [-0.39, 0.29) is 5.75 Å². The number of amides is 1. The number of nitrogens with zero attached hydrogens (tertiary/aromatic N) is 3. The fourth-order valence-electron chi connectivity index (χ4n) is 6.51. The number of phenols is 1. The highest BCUT2D eigenvalue weighted by Gasteiger charge is 2.49. The molecule has 1 amide bonds. The molecule has 6 nitrogen and oxygen atoms in total. The first-order chi connectivity index (χ1) is 20.3. The Morgan fingerprint density at radius 3 is 2.19 bits per heavy atom. The smallest absolute Gasteiger partial charge is 0.405 e. The lowest BCUT2D eigenvalue weighted by Crippen LogP contribution is -2.47. The first kappa shape index (κ1) is 28.0. The fourth-order valence-corrected chi connectivity index (χ4v) is 6.51. The van der Waals surface area contributed by atoms with E-state index in [9.17, 15) is 23.1 Å². The van der Waals surface area contributed by atoms with E-state index in [4.69, 9.17) is 0 Å². The van der Waals surface area contributed by atoms with Crippen molar-refractivity contribution in [2.24, 2.45) is 0 Å². The number of hydrogen-bond acceptors (Lipinski definition) is 5. The van der Waals surface area contributed by atoms with Gasteiger partial charge in [-0.25, -0.2) is 4.98 Å². The summed E-state index contributed by atoms with van der Waals surface area (Å²) in [6.07, 6.45) is -2.55. The van der Waals surface area contributed by atoms with Gasteiger partial charge in [0.05, 0.1) is 0 Å². The molecule has 0 saturated carbocycles. The van der Waals surface area contributed by atoms with E-state index in [1.165, 1.54) is 0 Å². The minimum absolute atomic E-state index is 0.172. The van der Waals surface area contributed by atoms with Gasteiger partial charge in [0.15, 0.2) is 0 Å². The topological polar surface area (TPSA) is 68.7 Å². The maximum absolute atomic E-state index is 13.7. The number of halogens is 3. The number of alkyl halides is 3. The van der Waals surface area contributed by atoms with E-state index < -0.39 is 24.0 Å². The van der Waals surface area contributed by atoms with Crippen molar-refractivity contribution in [2.45, 2.75) is 30.9 Å². The molecular formula is C33H33F3N4O2. The van der Waals surface area contributed by atoms with Gasteiger partial charge in [0.25, 0.3) is 0 Å². The Kier molecular flexibility index (Phi) is 7.53. The van der Waals surface area contributed by atoms with Crippen molar-refractivity contribution < 1.29 is 23.1 Å². The van der Waals surface area contributed by atoms with Gasteiger partial charge in [-0.05, 0) is 59.8 Å². The number of benzene rings is 3. The number of carbonyl (C=O) groups is 1. The number of rotatable bonds is 8. The van der Waals surface area contributed by atoms with E-state index in [0.29, 0.717) is 18.4 Å². The van der Waals surface area contributed by atoms with Crippen LogP contribution in [-0.2, 0) is 10.2 Å². The number of aromatic hydroxyl groups is 1. The lowest BCUT2D eigenvalue weighted by atomic mass is 9.73. The maximum Gasteiger partial charge on any atom is 0.405 e. The van der Waals surface area contributed by atoms with E-state index in [0.717, 1.165) is 72.6 Å². The van der Waals surface area contributed by atoms with Crippen molar-refractivity contribution >= 4 is 22.6 Å². The zero-order valence-electron chi connectivity index (χ0n) is 23.2. The third kappa shape index (κ3) is 5.29. The molecule has 2 heterocycles. The van der Waals surface area contributed by atoms with E-state index in [1.807, 2.05) is 66.7 Å². The molecule has 3 aromatic carbocycles. The number of hydrogen-bond donors (Lipinski definition) is 2. The van der Waals surface area contributed by atoms with Crippen LogP contribution in [0.4, 0.5) is 19.0 Å². The molecule has 1 saturated heterocycles. The Morgan fingerprint density at radius 1 is 0.857 bits per heavy atom. The second-order valence-electron chi connectivity index (χ2n) is 11.1. The summed E-state index contributed by atoms with van der Waals surface area (Å²) in [6.45, 7) is 2.79. The van der Waals surface area contributed by atoms with Crippen molar-refractivity contribution in [1.29, 1.82) is 0 Å². The highest BCUT2D eigenvalue weighted by atomic mass is 19.4. The molecule has 4 aromatic rings. The molecule has 42 heavy (non-hydrogen) atoms. The van der Waals surface area contributed by atoms with Gasteiger partial charge in [-0.3, -0.25) is 9.69 Å².